The van der Waals surface area contributed by atoms with Crippen LogP contribution in [0, 0.1) is 0 Å². The molecule has 0 aliphatic heterocycles. The third-order valence-electron chi connectivity index (χ3n) is 0.377. The summed E-state index contributed by atoms with van der Waals surface area (Å²) in [5.74, 6) is 0. The third-order valence-corrected chi connectivity index (χ3v) is 0.377. The molecular weight excluding hydrogens is 151 g/mol. The summed E-state index contributed by atoms with van der Waals surface area (Å²) in [6.45, 7) is 0.0289. The third kappa shape index (κ3) is 16.3. The van der Waals surface area contributed by atoms with Gasteiger partial charge in [0.25, 0.3) is 0 Å². The Labute approximate surface area is 61.0 Å². The van der Waals surface area contributed by atoms with Crippen LogP contribution < -0.4 is 0 Å². The van der Waals surface area contributed by atoms with Gasteiger partial charge in [0.1, 0.15) is 0 Å². The van der Waals surface area contributed by atoms with Crippen LogP contribution in [-0.4, -0.2) is 23.4 Å². The van der Waals surface area contributed by atoms with Crippen molar-refractivity contribution in [2.75, 3.05) is 13.2 Å². The van der Waals surface area contributed by atoms with Gasteiger partial charge in [-0.15, -0.1) is 24.8 Å². The molecule has 0 aromatic rings. The Morgan fingerprint density at radius 2 is 1.12 bits per heavy atom. The van der Waals surface area contributed by atoms with Crippen molar-refractivity contribution in [2.24, 2.45) is 0 Å². The monoisotopic (exact) mass is 160 g/mol. The first-order chi connectivity index (χ1) is 2.91. The lowest BCUT2D eigenvalue weighted by molar-refractivity contribution is 0.329. The Morgan fingerprint density at radius 1 is 0.875 bits per heavy atom. The Morgan fingerprint density at radius 3 is 1.25 bits per heavy atom. The summed E-state index contributed by atoms with van der Waals surface area (Å²) in [6.07, 6.45) is 2.97. The van der Waals surface area contributed by atoms with Crippen molar-refractivity contribution in [1.29, 1.82) is 0 Å². The second-order valence-corrected chi connectivity index (χ2v) is 0.837. The van der Waals surface area contributed by atoms with Crippen LogP contribution in [0.1, 0.15) is 0 Å². The second kappa shape index (κ2) is 15.7. The molecule has 0 unspecified atom stereocenters. The number of hydrogen-bond donors (Lipinski definition) is 2. The Kier molecular flexibility index (Phi) is 30.8. The summed E-state index contributed by atoms with van der Waals surface area (Å²) in [5, 5.41) is 16.0. The zero-order valence-corrected chi connectivity index (χ0v) is 5.91. The molecule has 0 heterocycles. The molecule has 4 heteroatoms. The van der Waals surface area contributed by atoms with E-state index >= 15 is 0 Å². The van der Waals surface area contributed by atoms with E-state index in [0.717, 1.165) is 0 Å². The highest BCUT2D eigenvalue weighted by Crippen LogP contribution is 1.63. The molecule has 0 aromatic carbocycles. The van der Waals surface area contributed by atoms with Gasteiger partial charge >= 0.3 is 0 Å². The lowest BCUT2D eigenvalue weighted by Crippen LogP contribution is -1.74. The first kappa shape index (κ1) is 15.7. The van der Waals surface area contributed by atoms with Crippen molar-refractivity contribution in [2.45, 2.75) is 0 Å². The summed E-state index contributed by atoms with van der Waals surface area (Å²) >= 11 is 0. The van der Waals surface area contributed by atoms with Crippen LogP contribution in [0.4, 0.5) is 0 Å². The predicted molar refractivity (Wildman–Crippen MR) is 37.8 cm³/mol. The van der Waals surface area contributed by atoms with E-state index in [4.69, 9.17) is 10.2 Å². The lowest BCUT2D eigenvalue weighted by atomic mass is 10.5. The van der Waals surface area contributed by atoms with E-state index in [-0.39, 0.29) is 38.0 Å². The van der Waals surface area contributed by atoms with Crippen LogP contribution in [-0.2, 0) is 0 Å². The fraction of sp³-hybridized carbons (Fsp3) is 0.500. The summed E-state index contributed by atoms with van der Waals surface area (Å²) < 4.78 is 0. The van der Waals surface area contributed by atoms with Gasteiger partial charge in [0, 0.05) is 0 Å². The van der Waals surface area contributed by atoms with E-state index in [0.29, 0.717) is 0 Å². The average Bonchev–Trinajstić information content (AvgIpc) is 1.61. The number of hydrogen-bond acceptors (Lipinski definition) is 2. The molecule has 0 spiro atoms. The highest BCUT2D eigenvalue weighted by atomic mass is 35.5. The number of halogens is 2. The predicted octanol–water partition coefficient (Wildman–Crippen LogP) is 0.371. The molecule has 0 saturated heterocycles. The van der Waals surface area contributed by atoms with E-state index in [9.17, 15) is 0 Å². The van der Waals surface area contributed by atoms with Crippen molar-refractivity contribution < 1.29 is 10.2 Å². The fourth-order valence-electron chi connectivity index (χ4n) is 0.149. The van der Waals surface area contributed by atoms with E-state index in [1.54, 1.807) is 0 Å². The smallest absolute Gasteiger partial charge is 0.0613 e. The van der Waals surface area contributed by atoms with E-state index in [1.807, 2.05) is 0 Å². The molecule has 2 nitrogen and oxygen atoms in total. The fourth-order valence-corrected chi connectivity index (χ4v) is 0.149. The summed E-state index contributed by atoms with van der Waals surface area (Å²) in [6, 6.07) is 0. The summed E-state index contributed by atoms with van der Waals surface area (Å²) in [7, 11) is 0. The zero-order chi connectivity index (χ0) is 4.83. The molecule has 8 heavy (non-hydrogen) atoms. The quantitative estimate of drug-likeness (QED) is 0.574. The van der Waals surface area contributed by atoms with Crippen LogP contribution in [0.3, 0.4) is 0 Å². The maximum Gasteiger partial charge on any atom is 0.0613 e. The van der Waals surface area contributed by atoms with Gasteiger partial charge in [-0.2, -0.15) is 0 Å². The van der Waals surface area contributed by atoms with Crippen LogP contribution >= 0.6 is 24.8 Å². The molecule has 0 aliphatic carbocycles. The van der Waals surface area contributed by atoms with Crippen molar-refractivity contribution in [3.05, 3.63) is 12.2 Å². The number of aliphatic hydroxyl groups excluding tert-OH is 2. The van der Waals surface area contributed by atoms with Gasteiger partial charge in [-0.05, 0) is 0 Å². The molecule has 0 aliphatic rings. The maximum atomic E-state index is 8.00. The van der Waals surface area contributed by atoms with E-state index < -0.39 is 0 Å². The largest absolute Gasteiger partial charge is 0.392 e. The van der Waals surface area contributed by atoms with Crippen molar-refractivity contribution >= 4 is 24.8 Å². The molecule has 0 saturated carbocycles. The molecule has 0 aromatic heterocycles. The van der Waals surface area contributed by atoms with Crippen LogP contribution in [0.15, 0.2) is 12.2 Å². The van der Waals surface area contributed by atoms with Gasteiger partial charge in [-0.1, -0.05) is 12.2 Å². The SMILES string of the molecule is Cl.Cl.OCC=CCO. The molecule has 0 bridgehead atoms. The van der Waals surface area contributed by atoms with Crippen molar-refractivity contribution in [3.8, 4) is 0 Å². The minimum atomic E-state index is 0. The minimum absolute atomic E-state index is 0. The standard InChI is InChI=1S/C4H8O2.2ClH/c5-3-1-2-4-6;;/h1-2,5-6H,3-4H2;2*1H. The molecular formula is C4H10Cl2O2. The van der Waals surface area contributed by atoms with Gasteiger partial charge in [-0.25, -0.2) is 0 Å². The Balaban J connectivity index is -0.000000125. The topological polar surface area (TPSA) is 40.5 Å². The maximum absolute atomic E-state index is 8.00. The highest BCUT2D eigenvalue weighted by molar-refractivity contribution is 5.85. The Bertz CT molecular complexity index is 41.3. The van der Waals surface area contributed by atoms with Gasteiger partial charge in [0.05, 0.1) is 13.2 Å². The molecule has 2 N–H and O–H groups in total. The van der Waals surface area contributed by atoms with Gasteiger partial charge in [-0.3, -0.25) is 0 Å². The zero-order valence-electron chi connectivity index (χ0n) is 4.28. The minimum Gasteiger partial charge on any atom is -0.392 e. The summed E-state index contributed by atoms with van der Waals surface area (Å²) in [5.41, 5.74) is 0. The second-order valence-electron chi connectivity index (χ2n) is 0.837. The molecule has 52 valence electrons. The van der Waals surface area contributed by atoms with Crippen LogP contribution in [0.2, 0.25) is 0 Å². The normalized spacial score (nSPS) is 7.75. The van der Waals surface area contributed by atoms with E-state index in [1.165, 1.54) is 12.2 Å². The molecule has 0 fully saturated rings. The molecule has 0 rings (SSSR count). The molecule has 0 radical (unpaired) electrons. The molecule has 0 atom stereocenters. The van der Waals surface area contributed by atoms with Gasteiger partial charge in [0.2, 0.25) is 0 Å². The van der Waals surface area contributed by atoms with E-state index in [2.05, 4.69) is 0 Å². The summed E-state index contributed by atoms with van der Waals surface area (Å²) in [4.78, 5) is 0. The number of aliphatic hydroxyl groups is 2. The van der Waals surface area contributed by atoms with Crippen LogP contribution in [0.5, 0.6) is 0 Å². The lowest BCUT2D eigenvalue weighted by Gasteiger charge is -1.73. The van der Waals surface area contributed by atoms with Crippen molar-refractivity contribution in [1.82, 2.24) is 0 Å². The first-order valence-corrected chi connectivity index (χ1v) is 1.78. The van der Waals surface area contributed by atoms with Gasteiger partial charge in [0.15, 0.2) is 0 Å². The van der Waals surface area contributed by atoms with Gasteiger partial charge < -0.3 is 10.2 Å². The van der Waals surface area contributed by atoms with Crippen molar-refractivity contribution in [3.63, 3.8) is 0 Å². The van der Waals surface area contributed by atoms with Crippen LogP contribution in [0.25, 0.3) is 0 Å². The number of rotatable bonds is 2. The molecule has 0 amide bonds. The highest BCUT2D eigenvalue weighted by Gasteiger charge is 1.61. The first-order valence-electron chi connectivity index (χ1n) is 1.78. The Hall–Kier alpha value is 0.240. The average molecular weight is 161 g/mol.